The maximum Gasteiger partial charge on any atom is 0.264 e. The minimum absolute atomic E-state index is 0.0782. The number of rotatable bonds is 6. The number of methoxy groups -OCH3 is 1. The number of hydrogen-bond acceptors (Lipinski definition) is 7. The Hall–Kier alpha value is -3.41. The molecular weight excluding hydrogens is 641 g/mol. The van der Waals surface area contributed by atoms with Gasteiger partial charge in [-0.3, -0.25) is 9.59 Å². The average molecular weight is 687 g/mol. The number of aromatic nitrogens is 1. The molecule has 4 unspecified atom stereocenters. The molecule has 49 heavy (non-hydrogen) atoms. The van der Waals surface area contributed by atoms with E-state index in [2.05, 4.69) is 38.3 Å². The Bertz CT molecular complexity index is 1950. The van der Waals surface area contributed by atoms with E-state index in [-0.39, 0.29) is 23.9 Å². The van der Waals surface area contributed by atoms with Crippen LogP contribution in [0.2, 0.25) is 0 Å². The molecule has 260 valence electrons. The summed E-state index contributed by atoms with van der Waals surface area (Å²) in [5.41, 5.74) is 5.40. The van der Waals surface area contributed by atoms with Crippen molar-refractivity contribution in [2.45, 2.75) is 93.5 Å². The lowest BCUT2D eigenvalue weighted by Gasteiger charge is -2.56. The van der Waals surface area contributed by atoms with E-state index in [1.54, 1.807) is 13.2 Å². The quantitative estimate of drug-likeness (QED) is 0.389. The van der Waals surface area contributed by atoms with Gasteiger partial charge in [-0.15, -0.1) is 0 Å². The molecular formula is C38H46N4O6S. The summed E-state index contributed by atoms with van der Waals surface area (Å²) in [6.07, 6.45) is 8.37. The third-order valence-electron chi connectivity index (χ3n) is 12.7. The molecule has 11 heteroatoms. The molecule has 1 aromatic heterocycles. The molecule has 4 aliphatic heterocycles. The van der Waals surface area contributed by atoms with Crippen molar-refractivity contribution in [1.82, 2.24) is 19.1 Å². The number of piperidine rings is 1. The largest absolute Gasteiger partial charge is 0.497 e. The van der Waals surface area contributed by atoms with Gasteiger partial charge in [-0.2, -0.15) is 0 Å². The van der Waals surface area contributed by atoms with Gasteiger partial charge in [-0.05, 0) is 92.9 Å². The highest BCUT2D eigenvalue weighted by Gasteiger charge is 2.66. The Morgan fingerprint density at radius 3 is 2.47 bits per heavy atom. The van der Waals surface area contributed by atoms with Crippen LogP contribution in [0.15, 0.2) is 36.4 Å². The lowest BCUT2D eigenvalue weighted by Crippen LogP contribution is -2.70. The van der Waals surface area contributed by atoms with E-state index < -0.39 is 26.6 Å². The van der Waals surface area contributed by atoms with Crippen LogP contribution in [0.3, 0.4) is 0 Å². The fourth-order valence-electron chi connectivity index (χ4n) is 10.1. The van der Waals surface area contributed by atoms with Crippen LogP contribution in [0.25, 0.3) is 22.2 Å². The van der Waals surface area contributed by atoms with Crippen molar-refractivity contribution in [3.05, 3.63) is 53.1 Å². The number of amides is 2. The number of ether oxygens (including phenoxy) is 2. The van der Waals surface area contributed by atoms with Gasteiger partial charge in [-0.25, -0.2) is 13.1 Å². The molecule has 5 fully saturated rings. The molecule has 4 atom stereocenters. The van der Waals surface area contributed by atoms with Crippen molar-refractivity contribution in [1.29, 1.82) is 0 Å². The van der Waals surface area contributed by atoms with E-state index in [4.69, 9.17) is 9.47 Å². The molecule has 3 saturated heterocycles. The number of sulfonamides is 1. The molecule has 3 aromatic rings. The molecule has 2 aromatic carbocycles. The normalized spacial score (nSPS) is 28.5. The average Bonchev–Trinajstić information content (AvgIpc) is 3.78. The SMILES string of the molecule is COc1ccc2c(c1)C1CC1(C(=O)N1C3CC1CN(C)C3)Cn1c-2c(C2CCCCC2)c2ccc(C(=O)NS(=O)(=O)C3CCOCC3)cc21. The fourth-order valence-corrected chi connectivity index (χ4v) is 11.4. The monoisotopic (exact) mass is 686 g/mol. The molecule has 5 heterocycles. The van der Waals surface area contributed by atoms with Crippen LogP contribution in [0.5, 0.6) is 5.75 Å². The molecule has 0 spiro atoms. The molecule has 10 nitrogen and oxygen atoms in total. The number of nitrogens with one attached hydrogen (secondary N) is 1. The number of likely N-dealkylation sites (tertiary alicyclic amines) is 2. The summed E-state index contributed by atoms with van der Waals surface area (Å²) in [4.78, 5) is 33.0. The van der Waals surface area contributed by atoms with Crippen molar-refractivity contribution >= 4 is 32.7 Å². The first-order valence-electron chi connectivity index (χ1n) is 18.2. The molecule has 2 aliphatic carbocycles. The second kappa shape index (κ2) is 11.6. The van der Waals surface area contributed by atoms with E-state index in [9.17, 15) is 18.0 Å². The summed E-state index contributed by atoms with van der Waals surface area (Å²) in [5, 5.41) is 0.444. The van der Waals surface area contributed by atoms with Gasteiger partial charge >= 0.3 is 0 Å². The Balaban J connectivity index is 1.19. The van der Waals surface area contributed by atoms with E-state index in [0.29, 0.717) is 44.1 Å². The minimum atomic E-state index is -3.86. The molecule has 1 N–H and O–H groups in total. The molecule has 2 amide bonds. The highest BCUT2D eigenvalue weighted by Crippen LogP contribution is 2.67. The summed E-state index contributed by atoms with van der Waals surface area (Å²) in [6.45, 7) is 3.09. The van der Waals surface area contributed by atoms with Crippen LogP contribution in [0.1, 0.15) is 91.1 Å². The van der Waals surface area contributed by atoms with Crippen molar-refractivity contribution in [2.24, 2.45) is 5.41 Å². The first-order valence-corrected chi connectivity index (χ1v) is 19.7. The highest BCUT2D eigenvalue weighted by molar-refractivity contribution is 7.90. The Morgan fingerprint density at radius 2 is 1.73 bits per heavy atom. The number of piperazine rings is 1. The number of fused-ring (bicyclic) bond motifs is 9. The number of benzene rings is 2. The molecule has 6 aliphatic rings. The molecule has 2 bridgehead atoms. The zero-order chi connectivity index (χ0) is 33.7. The number of carbonyl (C=O) groups is 2. The van der Waals surface area contributed by atoms with Gasteiger partial charge in [0.2, 0.25) is 15.9 Å². The Morgan fingerprint density at radius 1 is 0.980 bits per heavy atom. The maximum absolute atomic E-state index is 14.8. The van der Waals surface area contributed by atoms with Crippen LogP contribution in [0, 0.1) is 5.41 Å². The lowest BCUT2D eigenvalue weighted by atomic mass is 9.81. The van der Waals surface area contributed by atoms with E-state index in [1.165, 1.54) is 30.4 Å². The van der Waals surface area contributed by atoms with E-state index in [0.717, 1.165) is 66.7 Å². The smallest absolute Gasteiger partial charge is 0.264 e. The van der Waals surface area contributed by atoms with Gasteiger partial charge in [0.05, 0.1) is 23.5 Å². The standard InChI is InChI=1S/C38H46N4O6S/c1-40-20-25-17-26(21-40)42(25)37(44)38-19-32(38)31-18-27(47-2)9-11-29(31)35-34(23-6-4-3-5-7-23)30-10-8-24(16-33(30)41(35)22-38)36(43)39-49(45,46)28-12-14-48-15-13-28/h8-11,16,18,23,25-26,28,32H,3-7,12-15,17,19-22H2,1-2H3,(H,39,43). The summed E-state index contributed by atoms with van der Waals surface area (Å²) < 4.78 is 42.3. The van der Waals surface area contributed by atoms with Crippen LogP contribution in [0.4, 0.5) is 0 Å². The topological polar surface area (TPSA) is 110 Å². The van der Waals surface area contributed by atoms with Crippen LogP contribution in [-0.2, 0) is 26.1 Å². The van der Waals surface area contributed by atoms with Gasteiger partial charge in [0, 0.05) is 72.9 Å². The van der Waals surface area contributed by atoms with Crippen molar-refractivity contribution < 1.29 is 27.5 Å². The van der Waals surface area contributed by atoms with Gasteiger partial charge in [-0.1, -0.05) is 25.3 Å². The minimum Gasteiger partial charge on any atom is -0.497 e. The van der Waals surface area contributed by atoms with Crippen LogP contribution < -0.4 is 9.46 Å². The first-order chi connectivity index (χ1) is 23.7. The van der Waals surface area contributed by atoms with E-state index in [1.807, 2.05) is 18.2 Å². The van der Waals surface area contributed by atoms with Gasteiger partial charge in [0.25, 0.3) is 5.91 Å². The summed E-state index contributed by atoms with van der Waals surface area (Å²) in [6, 6.07) is 12.5. The predicted octanol–water partition coefficient (Wildman–Crippen LogP) is 5.01. The van der Waals surface area contributed by atoms with Crippen LogP contribution in [-0.4, -0.2) is 92.4 Å². The molecule has 9 rings (SSSR count). The molecule has 0 radical (unpaired) electrons. The van der Waals surface area contributed by atoms with Gasteiger partial charge < -0.3 is 23.8 Å². The predicted molar refractivity (Wildman–Crippen MR) is 186 cm³/mol. The van der Waals surface area contributed by atoms with E-state index >= 15 is 0 Å². The van der Waals surface area contributed by atoms with Crippen LogP contribution >= 0.6 is 0 Å². The fraction of sp³-hybridized carbons (Fsp3) is 0.579. The zero-order valence-electron chi connectivity index (χ0n) is 28.4. The Kier molecular flexibility index (Phi) is 7.45. The maximum atomic E-state index is 14.8. The number of hydrogen-bond donors (Lipinski definition) is 1. The third-order valence-corrected chi connectivity index (χ3v) is 14.5. The lowest BCUT2D eigenvalue weighted by molar-refractivity contribution is -0.159. The number of nitrogens with zero attached hydrogens (tertiary/aromatic N) is 3. The van der Waals surface area contributed by atoms with Crippen molar-refractivity contribution in [3.63, 3.8) is 0 Å². The second-order valence-electron chi connectivity index (χ2n) is 15.5. The van der Waals surface area contributed by atoms with Gasteiger partial charge in [0.1, 0.15) is 5.75 Å². The zero-order valence-corrected chi connectivity index (χ0v) is 29.3. The van der Waals surface area contributed by atoms with Crippen molar-refractivity contribution in [2.75, 3.05) is 40.5 Å². The molecule has 2 saturated carbocycles. The Labute approximate surface area is 288 Å². The highest BCUT2D eigenvalue weighted by atomic mass is 32.2. The number of likely N-dealkylation sites (N-methyl/N-ethyl adjacent to an activating group) is 1. The third kappa shape index (κ3) is 4.97. The van der Waals surface area contributed by atoms with Crippen molar-refractivity contribution in [3.8, 4) is 17.0 Å². The number of carbonyl (C=O) groups excluding carboxylic acids is 2. The first kappa shape index (κ1) is 31.6. The summed E-state index contributed by atoms with van der Waals surface area (Å²) in [7, 11) is -0.0232. The second-order valence-corrected chi connectivity index (χ2v) is 17.5. The summed E-state index contributed by atoms with van der Waals surface area (Å²) in [5.74, 6) is 0.875. The van der Waals surface area contributed by atoms with Gasteiger partial charge in [0.15, 0.2) is 0 Å². The summed E-state index contributed by atoms with van der Waals surface area (Å²) >= 11 is 0.